The minimum absolute atomic E-state index is 0.0786. The van der Waals surface area contributed by atoms with Gasteiger partial charge in [-0.1, -0.05) is 11.6 Å². The molecule has 0 aliphatic heterocycles. The van der Waals surface area contributed by atoms with Crippen LogP contribution in [-0.2, 0) is 10.0 Å². The van der Waals surface area contributed by atoms with E-state index in [9.17, 15) is 17.6 Å². The van der Waals surface area contributed by atoms with Crippen LogP contribution in [0.1, 0.15) is 30.1 Å². The molecule has 0 aliphatic rings. The van der Waals surface area contributed by atoms with Crippen LogP contribution >= 0.6 is 11.6 Å². The molecule has 0 aliphatic carbocycles. The van der Waals surface area contributed by atoms with Crippen LogP contribution in [0.2, 0.25) is 5.02 Å². The van der Waals surface area contributed by atoms with E-state index in [4.69, 9.17) is 21.8 Å². The van der Waals surface area contributed by atoms with Gasteiger partial charge < -0.3 is 10.2 Å². The van der Waals surface area contributed by atoms with Crippen LogP contribution in [0.25, 0.3) is 0 Å². The third kappa shape index (κ3) is 4.63. The predicted molar refractivity (Wildman–Crippen MR) is 74.5 cm³/mol. The highest BCUT2D eigenvalue weighted by atomic mass is 35.5. The van der Waals surface area contributed by atoms with Gasteiger partial charge in [-0.05, 0) is 31.9 Å². The highest BCUT2D eigenvalue weighted by Crippen LogP contribution is 2.24. The summed E-state index contributed by atoms with van der Waals surface area (Å²) < 4.78 is 40.0. The van der Waals surface area contributed by atoms with Crippen LogP contribution < -0.4 is 4.72 Å². The van der Waals surface area contributed by atoms with Gasteiger partial charge in [-0.3, -0.25) is 0 Å². The molecular weight excluding hydrogens is 325 g/mol. The first-order valence-corrected chi connectivity index (χ1v) is 7.90. The van der Waals surface area contributed by atoms with E-state index >= 15 is 0 Å². The summed E-state index contributed by atoms with van der Waals surface area (Å²) in [5, 5.41) is 16.9. The van der Waals surface area contributed by atoms with Crippen LogP contribution in [0.5, 0.6) is 0 Å². The SMILES string of the molecule is CC(CCCO)NS(=O)(=O)c1cc(F)c(Cl)c(C(=O)O)c1. The monoisotopic (exact) mass is 339 g/mol. The molecule has 21 heavy (non-hydrogen) atoms. The van der Waals surface area contributed by atoms with Gasteiger partial charge in [-0.2, -0.15) is 0 Å². The van der Waals surface area contributed by atoms with Gasteiger partial charge in [0.15, 0.2) is 0 Å². The molecule has 1 rings (SSSR count). The van der Waals surface area contributed by atoms with E-state index < -0.39 is 43.3 Å². The highest BCUT2D eigenvalue weighted by Gasteiger charge is 2.23. The largest absolute Gasteiger partial charge is 0.478 e. The van der Waals surface area contributed by atoms with Gasteiger partial charge in [-0.25, -0.2) is 22.3 Å². The van der Waals surface area contributed by atoms with E-state index in [1.165, 1.54) is 0 Å². The Hall–Kier alpha value is -1.22. The fraction of sp³-hybridized carbons (Fsp3) is 0.417. The normalized spacial score (nSPS) is 13.1. The number of aromatic carboxylic acids is 1. The molecule has 0 aromatic heterocycles. The minimum Gasteiger partial charge on any atom is -0.478 e. The number of hydrogen-bond donors (Lipinski definition) is 3. The number of carboxylic acids is 1. The van der Waals surface area contributed by atoms with E-state index in [0.717, 1.165) is 6.07 Å². The lowest BCUT2D eigenvalue weighted by Crippen LogP contribution is -2.33. The molecule has 1 atom stereocenters. The van der Waals surface area contributed by atoms with Gasteiger partial charge in [-0.15, -0.1) is 0 Å². The number of hydrogen-bond acceptors (Lipinski definition) is 4. The molecular formula is C12H15ClFNO5S. The fourth-order valence-corrected chi connectivity index (χ4v) is 3.17. The van der Waals surface area contributed by atoms with E-state index in [1.807, 2.05) is 0 Å². The zero-order valence-corrected chi connectivity index (χ0v) is 12.7. The number of sulfonamides is 1. The summed E-state index contributed by atoms with van der Waals surface area (Å²) in [5.41, 5.74) is -0.625. The lowest BCUT2D eigenvalue weighted by molar-refractivity contribution is 0.0696. The van der Waals surface area contributed by atoms with Gasteiger partial charge in [0.25, 0.3) is 0 Å². The van der Waals surface area contributed by atoms with E-state index in [-0.39, 0.29) is 6.61 Å². The fourth-order valence-electron chi connectivity index (χ4n) is 1.66. The summed E-state index contributed by atoms with van der Waals surface area (Å²) in [7, 11) is -4.08. The van der Waals surface area contributed by atoms with Crippen molar-refractivity contribution in [3.63, 3.8) is 0 Å². The standard InChI is InChI=1S/C12H15ClFNO5S/c1-7(3-2-4-16)15-21(19,20)8-5-9(12(17)18)11(13)10(14)6-8/h5-7,15-16H,2-4H2,1H3,(H,17,18). The van der Waals surface area contributed by atoms with Crippen molar-refractivity contribution in [2.45, 2.75) is 30.7 Å². The average molecular weight is 340 g/mol. The first-order valence-electron chi connectivity index (χ1n) is 6.04. The third-order valence-electron chi connectivity index (χ3n) is 2.69. The van der Waals surface area contributed by atoms with Crippen molar-refractivity contribution in [3.05, 3.63) is 28.5 Å². The summed E-state index contributed by atoms with van der Waals surface area (Å²) >= 11 is 5.49. The Balaban J connectivity index is 3.12. The van der Waals surface area contributed by atoms with Gasteiger partial charge in [0.2, 0.25) is 10.0 Å². The molecule has 0 bridgehead atoms. The lowest BCUT2D eigenvalue weighted by atomic mass is 10.2. The summed E-state index contributed by atoms with van der Waals surface area (Å²) in [6.07, 6.45) is 0.788. The van der Waals surface area contributed by atoms with Crippen molar-refractivity contribution in [2.24, 2.45) is 0 Å². The van der Waals surface area contributed by atoms with Crippen LogP contribution in [0, 0.1) is 5.82 Å². The Kier molecular flexibility index (Phi) is 6.09. The molecule has 0 fully saturated rings. The van der Waals surface area contributed by atoms with Crippen LogP contribution in [0.4, 0.5) is 4.39 Å². The number of rotatable bonds is 7. The lowest BCUT2D eigenvalue weighted by Gasteiger charge is -2.14. The third-order valence-corrected chi connectivity index (χ3v) is 4.65. The van der Waals surface area contributed by atoms with Crippen molar-refractivity contribution in [2.75, 3.05) is 6.61 Å². The van der Waals surface area contributed by atoms with Crippen LogP contribution in [0.3, 0.4) is 0 Å². The molecule has 0 amide bonds. The van der Waals surface area contributed by atoms with E-state index in [0.29, 0.717) is 18.9 Å². The Morgan fingerprint density at radius 3 is 2.62 bits per heavy atom. The van der Waals surface area contributed by atoms with Crippen molar-refractivity contribution in [3.8, 4) is 0 Å². The molecule has 1 unspecified atom stereocenters. The number of benzene rings is 1. The molecule has 6 nitrogen and oxygen atoms in total. The molecule has 0 saturated heterocycles. The van der Waals surface area contributed by atoms with E-state index in [2.05, 4.69) is 4.72 Å². The summed E-state index contributed by atoms with van der Waals surface area (Å²) in [6.45, 7) is 1.50. The Morgan fingerprint density at radius 2 is 2.10 bits per heavy atom. The second-order valence-corrected chi connectivity index (χ2v) is 6.55. The number of nitrogens with one attached hydrogen (secondary N) is 1. The molecule has 0 saturated carbocycles. The zero-order valence-electron chi connectivity index (χ0n) is 11.1. The van der Waals surface area contributed by atoms with Crippen molar-refractivity contribution in [1.82, 2.24) is 4.72 Å². The van der Waals surface area contributed by atoms with Crippen molar-refractivity contribution >= 4 is 27.6 Å². The van der Waals surface area contributed by atoms with Crippen LogP contribution in [0.15, 0.2) is 17.0 Å². The Morgan fingerprint density at radius 1 is 1.48 bits per heavy atom. The van der Waals surface area contributed by atoms with Crippen molar-refractivity contribution < 1.29 is 27.8 Å². The van der Waals surface area contributed by atoms with Crippen LogP contribution in [-0.4, -0.2) is 37.2 Å². The number of aliphatic hydroxyl groups excluding tert-OH is 1. The second kappa shape index (κ2) is 7.17. The smallest absolute Gasteiger partial charge is 0.337 e. The molecule has 0 heterocycles. The number of halogens is 2. The molecule has 9 heteroatoms. The number of carboxylic acid groups (broad SMARTS) is 1. The average Bonchev–Trinajstić information content (AvgIpc) is 2.38. The number of aliphatic hydroxyl groups is 1. The first-order chi connectivity index (χ1) is 9.69. The Bertz CT molecular complexity index is 635. The van der Waals surface area contributed by atoms with Gasteiger partial charge in [0, 0.05) is 12.6 Å². The quantitative estimate of drug-likeness (QED) is 0.700. The summed E-state index contributed by atoms with van der Waals surface area (Å²) in [6, 6.07) is 0.971. The molecule has 3 N–H and O–H groups in total. The Labute approximate surface area is 126 Å². The molecule has 1 aromatic rings. The second-order valence-electron chi connectivity index (χ2n) is 4.46. The van der Waals surface area contributed by atoms with Gasteiger partial charge >= 0.3 is 5.97 Å². The molecule has 118 valence electrons. The maximum Gasteiger partial charge on any atom is 0.337 e. The number of carbonyl (C=O) groups is 1. The highest BCUT2D eigenvalue weighted by molar-refractivity contribution is 7.89. The topological polar surface area (TPSA) is 104 Å². The predicted octanol–water partition coefficient (Wildman–Crippen LogP) is 1.62. The first kappa shape index (κ1) is 17.8. The minimum atomic E-state index is -4.08. The zero-order chi connectivity index (χ0) is 16.2. The molecule has 1 aromatic carbocycles. The van der Waals surface area contributed by atoms with Gasteiger partial charge in [0.1, 0.15) is 5.82 Å². The van der Waals surface area contributed by atoms with Crippen molar-refractivity contribution in [1.29, 1.82) is 0 Å². The van der Waals surface area contributed by atoms with E-state index in [1.54, 1.807) is 6.92 Å². The van der Waals surface area contributed by atoms with Gasteiger partial charge in [0.05, 0.1) is 15.5 Å². The maximum absolute atomic E-state index is 13.5. The molecule has 0 spiro atoms. The summed E-state index contributed by atoms with van der Waals surface area (Å²) in [4.78, 5) is 10.4. The maximum atomic E-state index is 13.5. The molecule has 0 radical (unpaired) electrons. The summed E-state index contributed by atoms with van der Waals surface area (Å²) in [5.74, 6) is -2.65.